The highest BCUT2D eigenvalue weighted by molar-refractivity contribution is 6.08. The molecule has 1 aromatic carbocycles. The Kier molecular flexibility index (Phi) is 6.20. The van der Waals surface area contributed by atoms with Crippen LogP contribution in [0.25, 0.3) is 10.9 Å². The molecule has 0 radical (unpaired) electrons. The number of methoxy groups -OCH3 is 1. The number of carbonyl (C=O) groups excluding carboxylic acids is 2. The van der Waals surface area contributed by atoms with Gasteiger partial charge in [-0.05, 0) is 36.8 Å². The van der Waals surface area contributed by atoms with Crippen molar-refractivity contribution in [3.05, 3.63) is 54.0 Å². The molecule has 0 saturated heterocycles. The van der Waals surface area contributed by atoms with Crippen molar-refractivity contribution in [2.45, 2.75) is 40.8 Å². The van der Waals surface area contributed by atoms with E-state index in [1.54, 1.807) is 35.2 Å². The number of hydrogen-bond acceptors (Lipinski definition) is 5. The number of carbonyl (C=O) groups is 2. The molecule has 0 N–H and O–H groups in total. The topological polar surface area (TPSA) is 77.3 Å². The molecule has 2 aromatic heterocycles. The lowest BCUT2D eigenvalue weighted by molar-refractivity contribution is -0.132. The van der Waals surface area contributed by atoms with E-state index < -0.39 is 5.41 Å². The number of Topliss-reactive ketones (excluding diaryl/α,β-unsaturated/α-hetero) is 1. The van der Waals surface area contributed by atoms with E-state index in [-0.39, 0.29) is 18.2 Å². The number of ketones is 1. The average Bonchev–Trinajstić information content (AvgIpc) is 3.08. The molecule has 0 aliphatic heterocycles. The molecule has 158 valence electrons. The number of hydrogen-bond donors (Lipinski definition) is 0. The highest BCUT2D eigenvalue weighted by Crippen LogP contribution is 2.29. The fourth-order valence-corrected chi connectivity index (χ4v) is 3.24. The number of amides is 1. The molecule has 1 amide bonds. The molecule has 30 heavy (non-hydrogen) atoms. The van der Waals surface area contributed by atoms with Crippen molar-refractivity contribution in [2.24, 2.45) is 5.41 Å². The minimum absolute atomic E-state index is 0.0417. The summed E-state index contributed by atoms with van der Waals surface area (Å²) in [5.41, 5.74) is 1.52. The lowest BCUT2D eigenvalue weighted by atomic mass is 9.88. The van der Waals surface area contributed by atoms with E-state index in [4.69, 9.17) is 4.74 Å². The van der Waals surface area contributed by atoms with Crippen LogP contribution >= 0.6 is 0 Å². The monoisotopic (exact) mass is 408 g/mol. The Morgan fingerprint density at radius 3 is 2.43 bits per heavy atom. The maximum Gasteiger partial charge on any atom is 0.244 e. The van der Waals surface area contributed by atoms with Crippen LogP contribution < -0.4 is 4.74 Å². The van der Waals surface area contributed by atoms with Crippen LogP contribution in [0.3, 0.4) is 0 Å². The van der Waals surface area contributed by atoms with Gasteiger partial charge in [-0.15, -0.1) is 0 Å². The zero-order chi connectivity index (χ0) is 21.9. The molecule has 0 fully saturated rings. The van der Waals surface area contributed by atoms with Gasteiger partial charge in [0.2, 0.25) is 5.91 Å². The molecular formula is C23H28N4O3. The number of fused-ring (bicyclic) bond motifs is 1. The Morgan fingerprint density at radius 2 is 1.83 bits per heavy atom. The molecule has 3 rings (SSSR count). The quantitative estimate of drug-likeness (QED) is 0.557. The van der Waals surface area contributed by atoms with Gasteiger partial charge in [0.05, 0.1) is 12.6 Å². The molecule has 2 heterocycles. The smallest absolute Gasteiger partial charge is 0.244 e. The lowest BCUT2D eigenvalue weighted by Gasteiger charge is -2.21. The van der Waals surface area contributed by atoms with Crippen molar-refractivity contribution < 1.29 is 14.3 Å². The molecule has 0 unspecified atom stereocenters. The number of likely N-dealkylation sites (N-methyl/N-ethyl adjacent to an activating group) is 1. The van der Waals surface area contributed by atoms with E-state index in [1.165, 1.54) is 0 Å². The van der Waals surface area contributed by atoms with Crippen molar-refractivity contribution in [1.82, 2.24) is 19.7 Å². The molecule has 0 aliphatic carbocycles. The lowest BCUT2D eigenvalue weighted by Crippen LogP contribution is -2.33. The van der Waals surface area contributed by atoms with Crippen molar-refractivity contribution >= 4 is 22.6 Å². The molecule has 0 aliphatic rings. The van der Waals surface area contributed by atoms with Crippen LogP contribution in [0.1, 0.15) is 43.7 Å². The van der Waals surface area contributed by atoms with Gasteiger partial charge in [-0.25, -0.2) is 0 Å². The third-order valence-corrected chi connectivity index (χ3v) is 5.00. The Labute approximate surface area is 176 Å². The van der Waals surface area contributed by atoms with E-state index in [0.717, 1.165) is 10.9 Å². The fourth-order valence-electron chi connectivity index (χ4n) is 3.24. The highest BCUT2D eigenvalue weighted by atomic mass is 16.5. The molecule has 7 heteroatoms. The van der Waals surface area contributed by atoms with Gasteiger partial charge in [-0.2, -0.15) is 5.10 Å². The minimum Gasteiger partial charge on any atom is -0.497 e. The van der Waals surface area contributed by atoms with Crippen LogP contribution in [-0.2, 0) is 17.9 Å². The number of rotatable bonds is 7. The van der Waals surface area contributed by atoms with Gasteiger partial charge in [0.1, 0.15) is 18.0 Å². The second kappa shape index (κ2) is 8.65. The molecule has 0 spiro atoms. The number of nitrogens with zero attached hydrogens (tertiary/aromatic N) is 4. The van der Waals surface area contributed by atoms with Crippen molar-refractivity contribution in [3.8, 4) is 5.75 Å². The molecule has 0 saturated carbocycles. The zero-order valence-electron chi connectivity index (χ0n) is 18.2. The summed E-state index contributed by atoms with van der Waals surface area (Å²) < 4.78 is 6.95. The second-order valence-electron chi connectivity index (χ2n) is 8.23. The number of benzene rings is 1. The van der Waals surface area contributed by atoms with E-state index in [9.17, 15) is 9.59 Å². The molecule has 0 atom stereocenters. The molecule has 0 bridgehead atoms. The minimum atomic E-state index is -0.577. The first-order valence-electron chi connectivity index (χ1n) is 10.0. The van der Waals surface area contributed by atoms with Crippen LogP contribution in [0.4, 0.5) is 0 Å². The fraction of sp³-hybridized carbons (Fsp3) is 0.391. The van der Waals surface area contributed by atoms with Gasteiger partial charge in [0.25, 0.3) is 0 Å². The maximum absolute atomic E-state index is 13.1. The second-order valence-corrected chi connectivity index (χ2v) is 8.23. The van der Waals surface area contributed by atoms with E-state index in [2.05, 4.69) is 10.1 Å². The average molecular weight is 409 g/mol. The summed E-state index contributed by atoms with van der Waals surface area (Å²) in [6, 6.07) is 9.23. The largest absolute Gasteiger partial charge is 0.497 e. The summed E-state index contributed by atoms with van der Waals surface area (Å²) in [4.78, 5) is 31.8. The van der Waals surface area contributed by atoms with Crippen LogP contribution in [0.5, 0.6) is 5.75 Å². The Morgan fingerprint density at radius 1 is 1.13 bits per heavy atom. The van der Waals surface area contributed by atoms with Crippen molar-refractivity contribution in [1.29, 1.82) is 0 Å². The van der Waals surface area contributed by atoms with Crippen molar-refractivity contribution in [3.63, 3.8) is 0 Å². The van der Waals surface area contributed by atoms with Crippen LogP contribution in [0.2, 0.25) is 0 Å². The highest BCUT2D eigenvalue weighted by Gasteiger charge is 2.28. The van der Waals surface area contributed by atoms with Gasteiger partial charge in [-0.3, -0.25) is 19.3 Å². The summed E-state index contributed by atoms with van der Waals surface area (Å²) in [6.07, 6.45) is 3.43. The number of pyridine rings is 1. The van der Waals surface area contributed by atoms with Crippen LogP contribution in [0, 0.1) is 5.41 Å². The van der Waals surface area contributed by atoms with Gasteiger partial charge < -0.3 is 9.64 Å². The zero-order valence-corrected chi connectivity index (χ0v) is 18.2. The molecule has 3 aromatic rings. The Hall–Kier alpha value is -3.22. The number of aromatic nitrogens is 3. The predicted molar refractivity (Wildman–Crippen MR) is 115 cm³/mol. The summed E-state index contributed by atoms with van der Waals surface area (Å²) in [6.45, 7) is 8.64. The predicted octanol–water partition coefficient (Wildman–Crippen LogP) is 3.72. The van der Waals surface area contributed by atoms with E-state index in [0.29, 0.717) is 30.0 Å². The standard InChI is InChI=1S/C23H28N4O3/c1-6-26(14-16-9-11-24-12-10-16)20(28)15-27-19-13-17(30-5)7-8-18(19)21(25-27)22(29)23(2,3)4/h7-13H,6,14-15H2,1-5H3. The summed E-state index contributed by atoms with van der Waals surface area (Å²) >= 11 is 0. The third kappa shape index (κ3) is 4.50. The summed E-state index contributed by atoms with van der Waals surface area (Å²) in [5.74, 6) is 0.513. The van der Waals surface area contributed by atoms with Crippen LogP contribution in [-0.4, -0.2) is 45.0 Å². The van der Waals surface area contributed by atoms with Crippen LogP contribution in [0.15, 0.2) is 42.7 Å². The third-order valence-electron chi connectivity index (χ3n) is 5.00. The van der Waals surface area contributed by atoms with Gasteiger partial charge in [-0.1, -0.05) is 20.8 Å². The Bertz CT molecular complexity index is 1050. The first-order chi connectivity index (χ1) is 14.2. The SMILES string of the molecule is CCN(Cc1ccncc1)C(=O)Cn1nc(C(=O)C(C)(C)C)c2ccc(OC)cc21. The van der Waals surface area contributed by atoms with Crippen molar-refractivity contribution in [2.75, 3.05) is 13.7 Å². The Balaban J connectivity index is 1.96. The van der Waals surface area contributed by atoms with Gasteiger partial charge in [0, 0.05) is 42.4 Å². The molecular weight excluding hydrogens is 380 g/mol. The first-order valence-corrected chi connectivity index (χ1v) is 10.0. The molecule has 7 nitrogen and oxygen atoms in total. The normalized spacial score (nSPS) is 11.5. The first kappa shape index (κ1) is 21.5. The number of ether oxygens (including phenoxy) is 1. The summed E-state index contributed by atoms with van der Waals surface area (Å²) in [5, 5.41) is 5.27. The summed E-state index contributed by atoms with van der Waals surface area (Å²) in [7, 11) is 1.59. The van der Waals surface area contributed by atoms with E-state index in [1.807, 2.05) is 52.0 Å². The maximum atomic E-state index is 13.1. The van der Waals surface area contributed by atoms with E-state index >= 15 is 0 Å². The van der Waals surface area contributed by atoms with Gasteiger partial charge >= 0.3 is 0 Å². The van der Waals surface area contributed by atoms with Gasteiger partial charge in [0.15, 0.2) is 5.78 Å².